The molecule has 0 saturated heterocycles. The molecule has 0 saturated carbocycles. The predicted molar refractivity (Wildman–Crippen MR) is 63.6 cm³/mol. The maximum Gasteiger partial charge on any atom is 0.292 e. The van der Waals surface area contributed by atoms with Crippen LogP contribution in [0.15, 0.2) is 28.8 Å². The van der Waals surface area contributed by atoms with Crippen molar-refractivity contribution in [2.75, 3.05) is 12.3 Å². The Bertz CT molecular complexity index is 579. The van der Waals surface area contributed by atoms with Crippen LogP contribution in [-0.2, 0) is 13.0 Å². The van der Waals surface area contributed by atoms with Crippen molar-refractivity contribution in [2.24, 2.45) is 0 Å². The highest BCUT2D eigenvalue weighted by Gasteiger charge is 2.26. The summed E-state index contributed by atoms with van der Waals surface area (Å²) in [5, 5.41) is 0. The number of amides is 1. The van der Waals surface area contributed by atoms with Crippen LogP contribution in [0, 0.1) is 0 Å². The maximum absolute atomic E-state index is 12.2. The third-order valence-corrected chi connectivity index (χ3v) is 2.92. The molecule has 2 N–H and O–H groups in total. The molecule has 3 rings (SSSR count). The Morgan fingerprint density at radius 1 is 1.44 bits per heavy atom. The topological polar surface area (TPSA) is 85.2 Å². The number of fused-ring (bicyclic) bond motifs is 1. The second-order valence-electron chi connectivity index (χ2n) is 4.11. The summed E-state index contributed by atoms with van der Waals surface area (Å²) in [5.41, 5.74) is 6.78. The first-order chi connectivity index (χ1) is 8.74. The molecule has 0 unspecified atom stereocenters. The van der Waals surface area contributed by atoms with Gasteiger partial charge in [0, 0.05) is 19.2 Å². The van der Waals surface area contributed by atoms with Crippen LogP contribution in [0.3, 0.4) is 0 Å². The van der Waals surface area contributed by atoms with Crippen LogP contribution in [0.25, 0.3) is 0 Å². The van der Waals surface area contributed by atoms with E-state index in [1.54, 1.807) is 29.3 Å². The van der Waals surface area contributed by atoms with Crippen molar-refractivity contribution in [3.05, 3.63) is 41.5 Å². The summed E-state index contributed by atoms with van der Waals surface area (Å²) < 4.78 is 5.27. The first-order valence-electron chi connectivity index (χ1n) is 5.68. The molecule has 0 fully saturated rings. The molecule has 0 bridgehead atoms. The van der Waals surface area contributed by atoms with E-state index < -0.39 is 0 Å². The summed E-state index contributed by atoms with van der Waals surface area (Å²) >= 11 is 0. The summed E-state index contributed by atoms with van der Waals surface area (Å²) in [5.74, 6) is 0.569. The lowest BCUT2D eigenvalue weighted by Gasteiger charge is -2.24. The molecular formula is C12H12N4O2. The maximum atomic E-state index is 12.2. The van der Waals surface area contributed by atoms with Crippen molar-refractivity contribution in [3.63, 3.8) is 0 Å². The van der Waals surface area contributed by atoms with E-state index >= 15 is 0 Å². The van der Waals surface area contributed by atoms with Crippen molar-refractivity contribution in [1.82, 2.24) is 14.9 Å². The van der Waals surface area contributed by atoms with Gasteiger partial charge in [0.15, 0.2) is 0 Å². The van der Waals surface area contributed by atoms with Gasteiger partial charge < -0.3 is 15.1 Å². The van der Waals surface area contributed by atoms with Gasteiger partial charge in [-0.3, -0.25) is 9.78 Å². The smallest absolute Gasteiger partial charge is 0.292 e. The Balaban J connectivity index is 1.82. The SMILES string of the molecule is Nc1nc2c(o1)CN(C(=O)c1ccccn1)CC2. The Morgan fingerprint density at radius 3 is 3.11 bits per heavy atom. The van der Waals surface area contributed by atoms with Gasteiger partial charge in [0.25, 0.3) is 11.9 Å². The minimum Gasteiger partial charge on any atom is -0.427 e. The molecule has 3 heterocycles. The molecule has 2 aromatic rings. The van der Waals surface area contributed by atoms with Gasteiger partial charge in [-0.25, -0.2) is 0 Å². The number of anilines is 1. The number of nitrogens with zero attached hydrogens (tertiary/aromatic N) is 3. The molecule has 92 valence electrons. The zero-order valence-corrected chi connectivity index (χ0v) is 9.67. The molecule has 0 aromatic carbocycles. The molecule has 0 aliphatic carbocycles. The number of rotatable bonds is 1. The van der Waals surface area contributed by atoms with Crippen LogP contribution >= 0.6 is 0 Å². The monoisotopic (exact) mass is 244 g/mol. The number of carbonyl (C=O) groups excluding carboxylic acids is 1. The molecule has 1 aliphatic rings. The van der Waals surface area contributed by atoms with Crippen LogP contribution in [0.4, 0.5) is 6.01 Å². The Morgan fingerprint density at radius 2 is 2.33 bits per heavy atom. The number of hydrogen-bond acceptors (Lipinski definition) is 5. The van der Waals surface area contributed by atoms with Gasteiger partial charge >= 0.3 is 0 Å². The molecule has 2 aromatic heterocycles. The van der Waals surface area contributed by atoms with Gasteiger partial charge in [0.1, 0.15) is 11.5 Å². The second kappa shape index (κ2) is 4.14. The standard InChI is InChI=1S/C12H12N4O2/c13-12-15-8-4-6-16(7-10(8)18-12)11(17)9-3-1-2-5-14-9/h1-3,5H,4,6-7H2,(H2,13,15). The number of oxazole rings is 1. The molecule has 1 aliphatic heterocycles. The molecule has 0 atom stereocenters. The fraction of sp³-hybridized carbons (Fsp3) is 0.250. The summed E-state index contributed by atoms with van der Waals surface area (Å²) in [6.07, 6.45) is 2.27. The van der Waals surface area contributed by atoms with E-state index in [1.807, 2.05) is 0 Å². The fourth-order valence-electron chi connectivity index (χ4n) is 2.04. The summed E-state index contributed by atoms with van der Waals surface area (Å²) in [6, 6.07) is 5.43. The largest absolute Gasteiger partial charge is 0.427 e. The van der Waals surface area contributed by atoms with Crippen molar-refractivity contribution >= 4 is 11.9 Å². The zero-order chi connectivity index (χ0) is 12.5. The van der Waals surface area contributed by atoms with Crippen molar-refractivity contribution < 1.29 is 9.21 Å². The van der Waals surface area contributed by atoms with E-state index in [9.17, 15) is 4.79 Å². The Hall–Kier alpha value is -2.37. The van der Waals surface area contributed by atoms with E-state index in [4.69, 9.17) is 10.2 Å². The van der Waals surface area contributed by atoms with E-state index in [2.05, 4.69) is 9.97 Å². The molecule has 6 heteroatoms. The van der Waals surface area contributed by atoms with E-state index in [-0.39, 0.29) is 11.9 Å². The lowest BCUT2D eigenvalue weighted by Crippen LogP contribution is -2.36. The fourth-order valence-corrected chi connectivity index (χ4v) is 2.04. The van der Waals surface area contributed by atoms with Gasteiger partial charge in [-0.05, 0) is 12.1 Å². The van der Waals surface area contributed by atoms with E-state index in [1.165, 1.54) is 0 Å². The van der Waals surface area contributed by atoms with E-state index in [0.29, 0.717) is 31.0 Å². The summed E-state index contributed by atoms with van der Waals surface area (Å²) in [4.78, 5) is 22.0. The minimum atomic E-state index is -0.101. The van der Waals surface area contributed by atoms with Gasteiger partial charge in [0.2, 0.25) is 0 Å². The van der Waals surface area contributed by atoms with Gasteiger partial charge in [-0.1, -0.05) is 6.07 Å². The quantitative estimate of drug-likeness (QED) is 0.803. The highest BCUT2D eigenvalue weighted by atomic mass is 16.4. The van der Waals surface area contributed by atoms with Gasteiger partial charge in [0.05, 0.1) is 12.2 Å². The minimum absolute atomic E-state index is 0.101. The zero-order valence-electron chi connectivity index (χ0n) is 9.67. The lowest BCUT2D eigenvalue weighted by molar-refractivity contribution is 0.0714. The second-order valence-corrected chi connectivity index (χ2v) is 4.11. The number of aromatic nitrogens is 2. The molecular weight excluding hydrogens is 232 g/mol. The van der Waals surface area contributed by atoms with Crippen molar-refractivity contribution in [3.8, 4) is 0 Å². The highest BCUT2D eigenvalue weighted by Crippen LogP contribution is 2.21. The molecule has 6 nitrogen and oxygen atoms in total. The number of carbonyl (C=O) groups is 1. The third-order valence-electron chi connectivity index (χ3n) is 2.92. The third kappa shape index (κ3) is 1.81. The number of nitrogen functional groups attached to an aromatic ring is 1. The summed E-state index contributed by atoms with van der Waals surface area (Å²) in [7, 11) is 0. The molecule has 0 radical (unpaired) electrons. The first-order valence-corrected chi connectivity index (χ1v) is 5.68. The molecule has 0 spiro atoms. The van der Waals surface area contributed by atoms with Crippen molar-refractivity contribution in [1.29, 1.82) is 0 Å². The average Bonchev–Trinajstić information content (AvgIpc) is 2.78. The van der Waals surface area contributed by atoms with Gasteiger partial charge in [-0.2, -0.15) is 4.98 Å². The summed E-state index contributed by atoms with van der Waals surface area (Å²) in [6.45, 7) is 1.00. The Kier molecular flexibility index (Phi) is 2.47. The number of hydrogen-bond donors (Lipinski definition) is 1. The van der Waals surface area contributed by atoms with E-state index in [0.717, 1.165) is 5.69 Å². The first kappa shape index (κ1) is 10.8. The van der Waals surface area contributed by atoms with Crippen LogP contribution in [0.5, 0.6) is 0 Å². The molecule has 18 heavy (non-hydrogen) atoms. The number of pyridine rings is 1. The van der Waals surface area contributed by atoms with Crippen LogP contribution in [-0.4, -0.2) is 27.3 Å². The van der Waals surface area contributed by atoms with Crippen LogP contribution in [0.1, 0.15) is 21.9 Å². The Labute approximate surface area is 103 Å². The van der Waals surface area contributed by atoms with Crippen molar-refractivity contribution in [2.45, 2.75) is 13.0 Å². The van der Waals surface area contributed by atoms with Crippen LogP contribution in [0.2, 0.25) is 0 Å². The number of nitrogens with two attached hydrogens (primary N) is 1. The average molecular weight is 244 g/mol. The normalized spacial score (nSPS) is 14.3. The lowest BCUT2D eigenvalue weighted by atomic mass is 10.1. The van der Waals surface area contributed by atoms with Crippen LogP contribution < -0.4 is 5.73 Å². The van der Waals surface area contributed by atoms with Gasteiger partial charge in [-0.15, -0.1) is 0 Å². The molecule has 1 amide bonds. The predicted octanol–water partition coefficient (Wildman–Crippen LogP) is 0.850. The highest BCUT2D eigenvalue weighted by molar-refractivity contribution is 5.92.